The van der Waals surface area contributed by atoms with Crippen LogP contribution in [0.2, 0.25) is 0 Å². The van der Waals surface area contributed by atoms with Gasteiger partial charge in [-0.2, -0.15) is 0 Å². The van der Waals surface area contributed by atoms with Gasteiger partial charge in [0.15, 0.2) is 0 Å². The number of aryl methyl sites for hydroxylation is 1. The summed E-state index contributed by atoms with van der Waals surface area (Å²) in [6, 6.07) is 16.4. The molecular formula is C19H19N3O3. The van der Waals surface area contributed by atoms with Crippen LogP contribution in [0.5, 0.6) is 0 Å². The minimum atomic E-state index is -0.705. The molecule has 1 amide bonds. The number of carbonyl (C=O) groups is 1. The highest BCUT2D eigenvalue weighted by molar-refractivity contribution is 5.80. The van der Waals surface area contributed by atoms with Gasteiger partial charge in [-0.15, -0.1) is 0 Å². The van der Waals surface area contributed by atoms with Gasteiger partial charge in [0.2, 0.25) is 5.91 Å². The molecule has 0 aliphatic rings. The zero-order valence-electron chi connectivity index (χ0n) is 14.1. The Hall–Kier alpha value is -3.15. The maximum Gasteiger partial charge on any atom is 0.317 e. The van der Waals surface area contributed by atoms with E-state index in [1.54, 1.807) is 31.3 Å². The minimum absolute atomic E-state index is 0.192. The smallest absolute Gasteiger partial charge is 0.317 e. The monoisotopic (exact) mass is 337 g/mol. The third kappa shape index (κ3) is 3.24. The van der Waals surface area contributed by atoms with Crippen LogP contribution in [0.25, 0.3) is 11.0 Å². The van der Waals surface area contributed by atoms with Gasteiger partial charge in [0.05, 0.1) is 17.1 Å². The van der Waals surface area contributed by atoms with Gasteiger partial charge in [-0.25, -0.2) is 0 Å². The lowest BCUT2D eigenvalue weighted by molar-refractivity contribution is -0.122. The lowest BCUT2D eigenvalue weighted by atomic mass is 10.1. The van der Waals surface area contributed by atoms with Crippen molar-refractivity contribution in [2.45, 2.75) is 19.5 Å². The van der Waals surface area contributed by atoms with Crippen molar-refractivity contribution < 1.29 is 4.79 Å². The van der Waals surface area contributed by atoms with Crippen molar-refractivity contribution in [3.63, 3.8) is 0 Å². The van der Waals surface area contributed by atoms with E-state index in [9.17, 15) is 14.4 Å². The standard InChI is InChI=1S/C19H19N3O3/c1-13(14-8-4-3-5-9-14)20-17(23)12-22-16-11-7-6-10-15(16)21(2)18(24)19(22)25/h3-11,13H,12H2,1-2H3,(H,20,23)/t13-/m0/s1. The summed E-state index contributed by atoms with van der Waals surface area (Å²) in [7, 11) is 1.55. The summed E-state index contributed by atoms with van der Waals surface area (Å²) in [5, 5.41) is 2.86. The first kappa shape index (κ1) is 16.7. The number of aromatic nitrogens is 2. The minimum Gasteiger partial charge on any atom is -0.348 e. The second kappa shape index (κ2) is 6.76. The molecule has 6 nitrogen and oxygen atoms in total. The predicted molar refractivity (Wildman–Crippen MR) is 96.4 cm³/mol. The lowest BCUT2D eigenvalue weighted by Crippen LogP contribution is -2.43. The molecule has 2 aromatic carbocycles. The van der Waals surface area contributed by atoms with Crippen LogP contribution in [0.1, 0.15) is 18.5 Å². The lowest BCUT2D eigenvalue weighted by Gasteiger charge is -2.16. The highest BCUT2D eigenvalue weighted by Gasteiger charge is 2.15. The molecule has 1 atom stereocenters. The maximum atomic E-state index is 12.4. The first-order chi connectivity index (χ1) is 12.0. The van der Waals surface area contributed by atoms with E-state index in [0.717, 1.165) is 5.56 Å². The van der Waals surface area contributed by atoms with Crippen molar-refractivity contribution in [3.8, 4) is 0 Å². The Morgan fingerprint density at radius 2 is 1.56 bits per heavy atom. The van der Waals surface area contributed by atoms with Gasteiger partial charge < -0.3 is 9.88 Å². The molecule has 128 valence electrons. The van der Waals surface area contributed by atoms with E-state index in [0.29, 0.717) is 11.0 Å². The molecule has 6 heteroatoms. The van der Waals surface area contributed by atoms with Crippen LogP contribution in [-0.4, -0.2) is 15.0 Å². The summed E-state index contributed by atoms with van der Waals surface area (Å²) in [6.45, 7) is 1.67. The van der Waals surface area contributed by atoms with Gasteiger partial charge >= 0.3 is 11.1 Å². The Kier molecular flexibility index (Phi) is 4.52. The molecule has 0 saturated carbocycles. The molecule has 1 N–H and O–H groups in total. The third-order valence-electron chi connectivity index (χ3n) is 4.25. The number of para-hydroxylation sites is 2. The molecule has 0 fully saturated rings. The summed E-state index contributed by atoms with van der Waals surface area (Å²) < 4.78 is 2.53. The summed E-state index contributed by atoms with van der Waals surface area (Å²) in [5.41, 5.74) is 0.775. The zero-order valence-corrected chi connectivity index (χ0v) is 14.1. The molecular weight excluding hydrogens is 318 g/mol. The molecule has 0 unspecified atom stereocenters. The third-order valence-corrected chi connectivity index (χ3v) is 4.25. The number of nitrogens with zero attached hydrogens (tertiary/aromatic N) is 2. The number of hydrogen-bond acceptors (Lipinski definition) is 3. The number of benzene rings is 2. The quantitative estimate of drug-likeness (QED) is 0.735. The predicted octanol–water partition coefficient (Wildman–Crippen LogP) is 1.58. The Labute approximate surface area is 144 Å². The van der Waals surface area contributed by atoms with Crippen LogP contribution in [-0.2, 0) is 18.4 Å². The van der Waals surface area contributed by atoms with Gasteiger partial charge in [0.25, 0.3) is 0 Å². The highest BCUT2D eigenvalue weighted by Crippen LogP contribution is 2.12. The first-order valence-corrected chi connectivity index (χ1v) is 8.02. The molecule has 0 bridgehead atoms. The fourth-order valence-corrected chi connectivity index (χ4v) is 2.87. The zero-order chi connectivity index (χ0) is 18.0. The van der Waals surface area contributed by atoms with Gasteiger partial charge in [-0.3, -0.25) is 19.0 Å². The number of carbonyl (C=O) groups excluding carboxylic acids is 1. The fourth-order valence-electron chi connectivity index (χ4n) is 2.87. The molecule has 1 heterocycles. The largest absolute Gasteiger partial charge is 0.348 e. The molecule has 0 saturated heterocycles. The van der Waals surface area contributed by atoms with Crippen molar-refractivity contribution in [1.82, 2.24) is 14.5 Å². The number of nitrogens with one attached hydrogen (secondary N) is 1. The normalized spacial score (nSPS) is 12.1. The van der Waals surface area contributed by atoms with Crippen LogP contribution in [0.4, 0.5) is 0 Å². The molecule has 25 heavy (non-hydrogen) atoms. The molecule has 0 aliphatic heterocycles. The van der Waals surface area contributed by atoms with E-state index in [4.69, 9.17) is 0 Å². The fraction of sp³-hybridized carbons (Fsp3) is 0.211. The summed E-state index contributed by atoms with van der Waals surface area (Å²) >= 11 is 0. The van der Waals surface area contributed by atoms with Crippen LogP contribution in [0.15, 0.2) is 64.2 Å². The molecule has 1 aromatic heterocycles. The van der Waals surface area contributed by atoms with E-state index in [1.807, 2.05) is 37.3 Å². The Bertz CT molecular complexity index is 1040. The van der Waals surface area contributed by atoms with E-state index in [2.05, 4.69) is 5.32 Å². The van der Waals surface area contributed by atoms with E-state index < -0.39 is 11.1 Å². The topological polar surface area (TPSA) is 73.1 Å². The molecule has 3 rings (SSSR count). The van der Waals surface area contributed by atoms with Crippen LogP contribution < -0.4 is 16.4 Å². The molecule has 0 aliphatic carbocycles. The van der Waals surface area contributed by atoms with Crippen molar-refractivity contribution in [1.29, 1.82) is 0 Å². The van der Waals surface area contributed by atoms with Crippen molar-refractivity contribution in [2.75, 3.05) is 0 Å². The van der Waals surface area contributed by atoms with Gasteiger partial charge in [0, 0.05) is 7.05 Å². The van der Waals surface area contributed by atoms with Gasteiger partial charge in [0.1, 0.15) is 6.54 Å². The second-order valence-corrected chi connectivity index (χ2v) is 5.94. The highest BCUT2D eigenvalue weighted by atomic mass is 16.2. The SMILES string of the molecule is C[C@H](NC(=O)Cn1c(=O)c(=O)n(C)c2ccccc21)c1ccccc1. The summed E-state index contributed by atoms with van der Waals surface area (Å²) in [4.78, 5) is 36.9. The first-order valence-electron chi connectivity index (χ1n) is 8.02. The average molecular weight is 337 g/mol. The number of hydrogen-bond donors (Lipinski definition) is 1. The molecule has 0 spiro atoms. The number of rotatable bonds is 4. The molecule has 3 aromatic rings. The summed E-state index contributed by atoms with van der Waals surface area (Å²) in [5.74, 6) is -0.322. The van der Waals surface area contributed by atoms with E-state index in [-0.39, 0.29) is 18.5 Å². The van der Waals surface area contributed by atoms with Crippen LogP contribution in [0.3, 0.4) is 0 Å². The Balaban J connectivity index is 1.92. The van der Waals surface area contributed by atoms with Crippen molar-refractivity contribution >= 4 is 16.9 Å². The van der Waals surface area contributed by atoms with Crippen molar-refractivity contribution in [3.05, 3.63) is 80.9 Å². The number of fused-ring (bicyclic) bond motifs is 1. The Morgan fingerprint density at radius 1 is 0.960 bits per heavy atom. The van der Waals surface area contributed by atoms with Crippen molar-refractivity contribution in [2.24, 2.45) is 7.05 Å². The second-order valence-electron chi connectivity index (χ2n) is 5.94. The van der Waals surface area contributed by atoms with Gasteiger partial charge in [-0.05, 0) is 24.6 Å². The average Bonchev–Trinajstić information content (AvgIpc) is 2.64. The van der Waals surface area contributed by atoms with Crippen LogP contribution in [0, 0.1) is 0 Å². The Morgan fingerprint density at radius 3 is 2.24 bits per heavy atom. The maximum absolute atomic E-state index is 12.4. The van der Waals surface area contributed by atoms with Gasteiger partial charge in [-0.1, -0.05) is 42.5 Å². The van der Waals surface area contributed by atoms with Crippen LogP contribution >= 0.6 is 0 Å². The number of amides is 1. The van der Waals surface area contributed by atoms with E-state index in [1.165, 1.54) is 9.13 Å². The van der Waals surface area contributed by atoms with E-state index >= 15 is 0 Å². The summed E-state index contributed by atoms with van der Waals surface area (Å²) in [6.07, 6.45) is 0. The molecule has 0 radical (unpaired) electrons.